The SMILES string of the molecule is Cc1c(Br)cccc1C(O)c1cccc2ccsc12. The largest absolute Gasteiger partial charge is 0.384 e. The Labute approximate surface area is 124 Å². The Hall–Kier alpha value is -1.16. The quantitative estimate of drug-likeness (QED) is 0.695. The van der Waals surface area contributed by atoms with Crippen LogP contribution in [0.4, 0.5) is 0 Å². The van der Waals surface area contributed by atoms with Crippen LogP contribution in [0.3, 0.4) is 0 Å². The minimum absolute atomic E-state index is 0.583. The van der Waals surface area contributed by atoms with Gasteiger partial charge in [0.25, 0.3) is 0 Å². The summed E-state index contributed by atoms with van der Waals surface area (Å²) in [7, 11) is 0. The molecule has 0 bridgehead atoms. The van der Waals surface area contributed by atoms with E-state index in [1.165, 1.54) is 5.39 Å². The van der Waals surface area contributed by atoms with E-state index in [2.05, 4.69) is 33.4 Å². The summed E-state index contributed by atoms with van der Waals surface area (Å²) >= 11 is 5.20. The third-order valence-electron chi connectivity index (χ3n) is 3.41. The Morgan fingerprint density at radius 2 is 1.79 bits per heavy atom. The smallest absolute Gasteiger partial charge is 0.106 e. The van der Waals surface area contributed by atoms with Crippen molar-refractivity contribution < 1.29 is 5.11 Å². The second-order valence-corrected chi connectivity index (χ2v) is 6.31. The summed E-state index contributed by atoms with van der Waals surface area (Å²) in [4.78, 5) is 0. The zero-order valence-electron chi connectivity index (χ0n) is 10.4. The predicted molar refractivity (Wildman–Crippen MR) is 84.8 cm³/mol. The Morgan fingerprint density at radius 1 is 1.05 bits per heavy atom. The number of benzene rings is 2. The van der Waals surface area contributed by atoms with Crippen molar-refractivity contribution in [2.75, 3.05) is 0 Å². The molecule has 2 aromatic carbocycles. The first-order valence-corrected chi connectivity index (χ1v) is 7.75. The Bertz CT molecular complexity index is 732. The zero-order chi connectivity index (χ0) is 13.4. The van der Waals surface area contributed by atoms with Crippen LogP contribution in [0.5, 0.6) is 0 Å². The van der Waals surface area contributed by atoms with Crippen LogP contribution in [-0.4, -0.2) is 5.11 Å². The van der Waals surface area contributed by atoms with E-state index in [0.29, 0.717) is 0 Å². The molecule has 0 radical (unpaired) electrons. The topological polar surface area (TPSA) is 20.2 Å². The Morgan fingerprint density at radius 3 is 2.63 bits per heavy atom. The van der Waals surface area contributed by atoms with Crippen molar-refractivity contribution in [3.8, 4) is 0 Å². The van der Waals surface area contributed by atoms with Gasteiger partial charge >= 0.3 is 0 Å². The van der Waals surface area contributed by atoms with Crippen molar-refractivity contribution in [1.29, 1.82) is 0 Å². The third-order valence-corrected chi connectivity index (χ3v) is 5.25. The molecule has 3 aromatic rings. The van der Waals surface area contributed by atoms with E-state index >= 15 is 0 Å². The van der Waals surface area contributed by atoms with Gasteiger partial charge in [-0.1, -0.05) is 46.3 Å². The Balaban J connectivity index is 2.16. The van der Waals surface area contributed by atoms with E-state index in [-0.39, 0.29) is 0 Å². The van der Waals surface area contributed by atoms with E-state index in [9.17, 15) is 5.11 Å². The second-order valence-electron chi connectivity index (χ2n) is 4.54. The van der Waals surface area contributed by atoms with Gasteiger partial charge in [0.2, 0.25) is 0 Å². The number of fused-ring (bicyclic) bond motifs is 1. The summed E-state index contributed by atoms with van der Waals surface area (Å²) < 4.78 is 2.19. The van der Waals surface area contributed by atoms with E-state index in [1.807, 2.05) is 37.3 Å². The molecule has 0 amide bonds. The maximum Gasteiger partial charge on any atom is 0.106 e. The molecule has 0 saturated heterocycles. The summed E-state index contributed by atoms with van der Waals surface area (Å²) in [6, 6.07) is 14.1. The number of aliphatic hydroxyl groups is 1. The van der Waals surface area contributed by atoms with Gasteiger partial charge in [0, 0.05) is 14.7 Å². The molecule has 1 heterocycles. The molecule has 96 valence electrons. The molecular weight excluding hydrogens is 320 g/mol. The molecule has 1 unspecified atom stereocenters. The van der Waals surface area contributed by atoms with Crippen LogP contribution in [0.2, 0.25) is 0 Å². The van der Waals surface area contributed by atoms with Gasteiger partial charge in [-0.25, -0.2) is 0 Å². The van der Waals surface area contributed by atoms with Gasteiger partial charge in [0.05, 0.1) is 0 Å². The zero-order valence-corrected chi connectivity index (χ0v) is 12.8. The molecule has 0 aliphatic heterocycles. The highest BCUT2D eigenvalue weighted by Crippen LogP contribution is 2.34. The number of rotatable bonds is 2. The first-order chi connectivity index (χ1) is 9.18. The summed E-state index contributed by atoms with van der Waals surface area (Å²) in [5.41, 5.74) is 3.02. The predicted octanol–water partition coefficient (Wildman–Crippen LogP) is 5.05. The minimum atomic E-state index is -0.583. The molecule has 1 N–H and O–H groups in total. The fourth-order valence-corrected chi connectivity index (χ4v) is 3.64. The average Bonchev–Trinajstić information content (AvgIpc) is 2.89. The van der Waals surface area contributed by atoms with Gasteiger partial charge in [-0.05, 0) is 40.9 Å². The normalized spacial score (nSPS) is 12.8. The number of aliphatic hydroxyl groups excluding tert-OH is 1. The van der Waals surface area contributed by atoms with Gasteiger partial charge in [-0.2, -0.15) is 0 Å². The van der Waals surface area contributed by atoms with Crippen molar-refractivity contribution in [1.82, 2.24) is 0 Å². The standard InChI is InChI=1S/C16H13BrOS/c1-10-12(5-3-7-14(10)17)15(18)13-6-2-4-11-8-9-19-16(11)13/h2-9,15,18H,1H3. The van der Waals surface area contributed by atoms with Crippen LogP contribution in [0.25, 0.3) is 10.1 Å². The molecule has 0 spiro atoms. The van der Waals surface area contributed by atoms with E-state index < -0.39 is 6.10 Å². The van der Waals surface area contributed by atoms with E-state index in [4.69, 9.17) is 0 Å². The van der Waals surface area contributed by atoms with Gasteiger partial charge < -0.3 is 5.11 Å². The maximum absolute atomic E-state index is 10.7. The van der Waals surface area contributed by atoms with Crippen LogP contribution in [-0.2, 0) is 0 Å². The molecule has 1 atom stereocenters. The lowest BCUT2D eigenvalue weighted by Crippen LogP contribution is -2.02. The lowest BCUT2D eigenvalue weighted by Gasteiger charge is -2.16. The minimum Gasteiger partial charge on any atom is -0.384 e. The summed E-state index contributed by atoms with van der Waals surface area (Å²) in [5.74, 6) is 0. The number of hydrogen-bond donors (Lipinski definition) is 1. The summed E-state index contributed by atoms with van der Waals surface area (Å²) in [6.45, 7) is 2.02. The van der Waals surface area contributed by atoms with Crippen LogP contribution in [0.1, 0.15) is 22.8 Å². The number of halogens is 1. The molecule has 3 heteroatoms. The van der Waals surface area contributed by atoms with Crippen molar-refractivity contribution in [3.05, 3.63) is 69.0 Å². The molecule has 0 aliphatic rings. The molecule has 1 nitrogen and oxygen atoms in total. The van der Waals surface area contributed by atoms with Crippen LogP contribution in [0, 0.1) is 6.92 Å². The van der Waals surface area contributed by atoms with Gasteiger partial charge in [-0.15, -0.1) is 11.3 Å². The molecule has 0 aliphatic carbocycles. The van der Waals surface area contributed by atoms with Crippen molar-refractivity contribution in [3.63, 3.8) is 0 Å². The molecule has 1 aromatic heterocycles. The molecule has 19 heavy (non-hydrogen) atoms. The third kappa shape index (κ3) is 2.22. The average molecular weight is 333 g/mol. The first-order valence-electron chi connectivity index (χ1n) is 6.07. The lowest BCUT2D eigenvalue weighted by molar-refractivity contribution is 0.221. The molecular formula is C16H13BrOS. The highest BCUT2D eigenvalue weighted by Gasteiger charge is 2.16. The van der Waals surface area contributed by atoms with Crippen LogP contribution >= 0.6 is 27.3 Å². The van der Waals surface area contributed by atoms with Crippen molar-refractivity contribution in [2.45, 2.75) is 13.0 Å². The molecule has 0 fully saturated rings. The highest BCUT2D eigenvalue weighted by atomic mass is 79.9. The fourth-order valence-electron chi connectivity index (χ4n) is 2.32. The lowest BCUT2D eigenvalue weighted by atomic mass is 9.97. The Kier molecular flexibility index (Phi) is 3.44. The van der Waals surface area contributed by atoms with Gasteiger partial charge in [0.15, 0.2) is 0 Å². The maximum atomic E-state index is 10.7. The first kappa shape index (κ1) is 12.9. The van der Waals surface area contributed by atoms with Crippen LogP contribution in [0.15, 0.2) is 52.3 Å². The molecule has 3 rings (SSSR count). The van der Waals surface area contributed by atoms with E-state index in [1.54, 1.807) is 11.3 Å². The van der Waals surface area contributed by atoms with Crippen molar-refractivity contribution >= 4 is 37.4 Å². The molecule has 0 saturated carbocycles. The van der Waals surface area contributed by atoms with Crippen molar-refractivity contribution in [2.24, 2.45) is 0 Å². The number of hydrogen-bond acceptors (Lipinski definition) is 2. The summed E-state index contributed by atoms with van der Waals surface area (Å²) in [6.07, 6.45) is -0.583. The van der Waals surface area contributed by atoms with Gasteiger partial charge in [0.1, 0.15) is 6.10 Å². The number of thiophene rings is 1. The summed E-state index contributed by atoms with van der Waals surface area (Å²) in [5, 5.41) is 14.0. The van der Waals surface area contributed by atoms with Gasteiger partial charge in [-0.3, -0.25) is 0 Å². The van der Waals surface area contributed by atoms with E-state index in [0.717, 1.165) is 25.9 Å². The highest BCUT2D eigenvalue weighted by molar-refractivity contribution is 9.10. The second kappa shape index (κ2) is 5.08. The van der Waals surface area contributed by atoms with Crippen LogP contribution < -0.4 is 0 Å². The fraction of sp³-hybridized carbons (Fsp3) is 0.125. The monoisotopic (exact) mass is 332 g/mol.